The molecule has 0 saturated heterocycles. The van der Waals surface area contributed by atoms with Gasteiger partial charge in [0.05, 0.1) is 5.56 Å². The number of carbonyl (C=O) groups is 1. The van der Waals surface area contributed by atoms with Crippen LogP contribution in [-0.2, 0) is 0 Å². The van der Waals surface area contributed by atoms with Gasteiger partial charge in [0, 0.05) is 11.1 Å². The fourth-order valence-corrected chi connectivity index (χ4v) is 1.61. The van der Waals surface area contributed by atoms with Crippen LogP contribution >= 0.6 is 0 Å². The monoisotopic (exact) mass is 233 g/mol. The highest BCUT2D eigenvalue weighted by atomic mass is 19.1. The summed E-state index contributed by atoms with van der Waals surface area (Å²) in [4.78, 5) is 11.0. The van der Waals surface area contributed by atoms with Gasteiger partial charge in [-0.1, -0.05) is 30.3 Å². The molecule has 2 N–H and O–H groups in total. The van der Waals surface area contributed by atoms with Gasteiger partial charge in [-0.2, -0.15) is 0 Å². The van der Waals surface area contributed by atoms with Gasteiger partial charge in [-0.3, -0.25) is 4.79 Å². The van der Waals surface area contributed by atoms with Crippen LogP contribution in [0.25, 0.3) is 11.1 Å². The Morgan fingerprint density at radius 2 is 1.59 bits per heavy atom. The second kappa shape index (κ2) is 4.33. The number of amides is 1. The molecule has 4 heteroatoms. The molecule has 0 aliphatic rings. The average Bonchev–Trinajstić information content (AvgIpc) is 2.30. The Balaban J connectivity index is 2.65. The smallest absolute Gasteiger partial charge is 0.251 e. The van der Waals surface area contributed by atoms with Crippen molar-refractivity contribution in [3.05, 3.63) is 59.7 Å². The largest absolute Gasteiger partial charge is 0.366 e. The Morgan fingerprint density at radius 3 is 2.24 bits per heavy atom. The molecule has 0 heterocycles. The molecule has 2 rings (SSSR count). The second-order valence-electron chi connectivity index (χ2n) is 3.51. The molecule has 0 aliphatic heterocycles. The predicted octanol–water partition coefficient (Wildman–Crippen LogP) is 2.73. The molecule has 0 fully saturated rings. The highest BCUT2D eigenvalue weighted by Gasteiger charge is 2.15. The van der Waals surface area contributed by atoms with Crippen molar-refractivity contribution in [3.8, 4) is 11.1 Å². The lowest BCUT2D eigenvalue weighted by atomic mass is 10.0. The summed E-state index contributed by atoms with van der Waals surface area (Å²) in [5.74, 6) is -2.22. The highest BCUT2D eigenvalue weighted by molar-refractivity contribution is 5.94. The summed E-state index contributed by atoms with van der Waals surface area (Å²) in [5, 5.41) is 0. The molecule has 0 saturated carbocycles. The van der Waals surface area contributed by atoms with E-state index in [0.717, 1.165) is 0 Å². The summed E-state index contributed by atoms with van der Waals surface area (Å²) < 4.78 is 27.4. The maximum absolute atomic E-state index is 13.9. The number of nitrogens with two attached hydrogens (primary N) is 1. The molecule has 2 aromatic carbocycles. The number of rotatable bonds is 2. The number of hydrogen-bond donors (Lipinski definition) is 1. The van der Waals surface area contributed by atoms with Crippen LogP contribution in [-0.4, -0.2) is 5.91 Å². The SMILES string of the molecule is NC(=O)c1cccc(-c2ccccc2F)c1F. The second-order valence-corrected chi connectivity index (χ2v) is 3.51. The molecular weight excluding hydrogens is 224 g/mol. The Hall–Kier alpha value is -2.23. The zero-order valence-electron chi connectivity index (χ0n) is 8.78. The van der Waals surface area contributed by atoms with Gasteiger partial charge >= 0.3 is 0 Å². The topological polar surface area (TPSA) is 43.1 Å². The summed E-state index contributed by atoms with van der Waals surface area (Å²) >= 11 is 0. The molecule has 1 amide bonds. The van der Waals surface area contributed by atoms with Gasteiger partial charge in [0.2, 0.25) is 0 Å². The Bertz CT molecular complexity index is 581. The van der Waals surface area contributed by atoms with Crippen LogP contribution in [0.5, 0.6) is 0 Å². The lowest BCUT2D eigenvalue weighted by molar-refractivity contribution is 0.0996. The summed E-state index contributed by atoms with van der Waals surface area (Å²) in [5.41, 5.74) is 4.91. The van der Waals surface area contributed by atoms with E-state index in [2.05, 4.69) is 0 Å². The van der Waals surface area contributed by atoms with E-state index < -0.39 is 17.5 Å². The van der Waals surface area contributed by atoms with Crippen LogP contribution in [0.1, 0.15) is 10.4 Å². The molecule has 0 spiro atoms. The summed E-state index contributed by atoms with van der Waals surface area (Å²) in [6, 6.07) is 9.90. The van der Waals surface area contributed by atoms with Gasteiger partial charge in [-0.25, -0.2) is 8.78 Å². The van der Waals surface area contributed by atoms with Crippen LogP contribution in [0.15, 0.2) is 42.5 Å². The molecule has 0 atom stereocenters. The van der Waals surface area contributed by atoms with Crippen molar-refractivity contribution in [2.45, 2.75) is 0 Å². The van der Waals surface area contributed by atoms with Crippen molar-refractivity contribution in [1.29, 1.82) is 0 Å². The first-order valence-corrected chi connectivity index (χ1v) is 4.94. The minimum absolute atomic E-state index is 0.0272. The normalized spacial score (nSPS) is 10.2. The third kappa shape index (κ3) is 2.01. The summed E-state index contributed by atoms with van der Waals surface area (Å²) in [7, 11) is 0. The highest BCUT2D eigenvalue weighted by Crippen LogP contribution is 2.26. The lowest BCUT2D eigenvalue weighted by Gasteiger charge is -2.07. The Morgan fingerprint density at radius 1 is 0.941 bits per heavy atom. The first-order chi connectivity index (χ1) is 8.11. The number of hydrogen-bond acceptors (Lipinski definition) is 1. The van der Waals surface area contributed by atoms with Crippen molar-refractivity contribution in [2.24, 2.45) is 5.73 Å². The first kappa shape index (κ1) is 11.3. The molecular formula is C13H9F2NO. The van der Waals surface area contributed by atoms with Crippen molar-refractivity contribution >= 4 is 5.91 Å². The predicted molar refractivity (Wildman–Crippen MR) is 60.3 cm³/mol. The zero-order chi connectivity index (χ0) is 12.4. The van der Waals surface area contributed by atoms with E-state index in [1.165, 1.54) is 36.4 Å². The fourth-order valence-electron chi connectivity index (χ4n) is 1.61. The molecule has 0 radical (unpaired) electrons. The maximum atomic E-state index is 13.9. The molecule has 0 aliphatic carbocycles. The van der Waals surface area contributed by atoms with Gasteiger partial charge in [0.25, 0.3) is 5.91 Å². The third-order valence-electron chi connectivity index (χ3n) is 2.43. The molecule has 2 nitrogen and oxygen atoms in total. The lowest BCUT2D eigenvalue weighted by Crippen LogP contribution is -2.13. The molecule has 0 aromatic heterocycles. The van der Waals surface area contributed by atoms with Crippen molar-refractivity contribution in [3.63, 3.8) is 0 Å². The number of primary amides is 1. The van der Waals surface area contributed by atoms with E-state index in [0.29, 0.717) is 0 Å². The maximum Gasteiger partial charge on any atom is 0.251 e. The van der Waals surface area contributed by atoms with Crippen LogP contribution in [0.3, 0.4) is 0 Å². The van der Waals surface area contributed by atoms with E-state index in [1.807, 2.05) is 0 Å². The molecule has 0 bridgehead atoms. The van der Waals surface area contributed by atoms with E-state index in [4.69, 9.17) is 5.73 Å². The van der Waals surface area contributed by atoms with E-state index in [-0.39, 0.29) is 16.7 Å². The van der Waals surface area contributed by atoms with E-state index >= 15 is 0 Å². The fraction of sp³-hybridized carbons (Fsp3) is 0. The minimum Gasteiger partial charge on any atom is -0.366 e. The molecule has 17 heavy (non-hydrogen) atoms. The van der Waals surface area contributed by atoms with Gasteiger partial charge in [0.1, 0.15) is 11.6 Å². The van der Waals surface area contributed by atoms with Crippen LogP contribution in [0.4, 0.5) is 8.78 Å². The van der Waals surface area contributed by atoms with Gasteiger partial charge in [0.15, 0.2) is 0 Å². The zero-order valence-corrected chi connectivity index (χ0v) is 8.78. The first-order valence-electron chi connectivity index (χ1n) is 4.94. The van der Waals surface area contributed by atoms with Crippen molar-refractivity contribution in [1.82, 2.24) is 0 Å². The average molecular weight is 233 g/mol. The summed E-state index contributed by atoms with van der Waals surface area (Å²) in [6.07, 6.45) is 0. The van der Waals surface area contributed by atoms with E-state index in [1.54, 1.807) is 6.07 Å². The third-order valence-corrected chi connectivity index (χ3v) is 2.43. The Kier molecular flexibility index (Phi) is 2.87. The van der Waals surface area contributed by atoms with Gasteiger partial charge < -0.3 is 5.73 Å². The molecule has 86 valence electrons. The Labute approximate surface area is 96.7 Å². The van der Waals surface area contributed by atoms with Gasteiger partial charge in [-0.05, 0) is 12.1 Å². The van der Waals surface area contributed by atoms with Crippen LogP contribution < -0.4 is 5.73 Å². The molecule has 0 unspecified atom stereocenters. The number of carbonyl (C=O) groups excluding carboxylic acids is 1. The van der Waals surface area contributed by atoms with Crippen LogP contribution in [0.2, 0.25) is 0 Å². The minimum atomic E-state index is -0.874. The number of benzene rings is 2. The van der Waals surface area contributed by atoms with Crippen molar-refractivity contribution < 1.29 is 13.6 Å². The van der Waals surface area contributed by atoms with E-state index in [9.17, 15) is 13.6 Å². The van der Waals surface area contributed by atoms with Crippen molar-refractivity contribution in [2.75, 3.05) is 0 Å². The number of halogens is 2. The summed E-state index contributed by atoms with van der Waals surface area (Å²) in [6.45, 7) is 0. The quantitative estimate of drug-likeness (QED) is 0.851. The van der Waals surface area contributed by atoms with Gasteiger partial charge in [-0.15, -0.1) is 0 Å². The van der Waals surface area contributed by atoms with Crippen LogP contribution in [0, 0.1) is 11.6 Å². The standard InChI is InChI=1S/C13H9F2NO/c14-11-7-2-1-4-8(11)9-5-3-6-10(12(9)15)13(16)17/h1-7H,(H2,16,17). The molecule has 2 aromatic rings.